The molecule has 2 amide bonds. The number of halogens is 3. The van der Waals surface area contributed by atoms with E-state index in [1.54, 1.807) is 6.07 Å². The number of urea groups is 1. The van der Waals surface area contributed by atoms with Crippen molar-refractivity contribution in [1.82, 2.24) is 20.3 Å². The van der Waals surface area contributed by atoms with Crippen LogP contribution in [0, 0.1) is 11.6 Å². The van der Waals surface area contributed by atoms with E-state index >= 15 is 0 Å². The number of aromatic amines is 1. The molecule has 0 bridgehead atoms. The van der Waals surface area contributed by atoms with Gasteiger partial charge in [-0.15, -0.1) is 0 Å². The van der Waals surface area contributed by atoms with Gasteiger partial charge in [-0.05, 0) is 18.9 Å². The topological polar surface area (TPSA) is 154 Å². The highest BCUT2D eigenvalue weighted by molar-refractivity contribution is 6.31. The van der Waals surface area contributed by atoms with Crippen LogP contribution in [0.1, 0.15) is 11.3 Å². The summed E-state index contributed by atoms with van der Waals surface area (Å²) >= 11 is 6.37. The van der Waals surface area contributed by atoms with Gasteiger partial charge >= 0.3 is 6.03 Å². The van der Waals surface area contributed by atoms with Crippen molar-refractivity contribution in [2.24, 2.45) is 5.73 Å². The highest BCUT2D eigenvalue weighted by Gasteiger charge is 2.48. The Morgan fingerprint density at radius 3 is 2.70 bits per heavy atom. The molecule has 0 unspecified atom stereocenters. The first-order chi connectivity index (χ1) is 17.8. The monoisotopic (exact) mass is 539 g/mol. The van der Waals surface area contributed by atoms with Gasteiger partial charge < -0.3 is 40.1 Å². The lowest BCUT2D eigenvalue weighted by atomic mass is 10.1. The van der Waals surface area contributed by atoms with Crippen molar-refractivity contribution in [3.05, 3.63) is 46.1 Å². The minimum absolute atomic E-state index is 0.0000615. The fourth-order valence-corrected chi connectivity index (χ4v) is 4.59. The number of nitrogens with one attached hydrogen (secondary N) is 2. The lowest BCUT2D eigenvalue weighted by molar-refractivity contribution is 0.00706. The van der Waals surface area contributed by atoms with Crippen LogP contribution in [0.3, 0.4) is 0 Å². The van der Waals surface area contributed by atoms with Crippen molar-refractivity contribution >= 4 is 28.8 Å². The lowest BCUT2D eigenvalue weighted by Crippen LogP contribution is -2.34. The maximum Gasteiger partial charge on any atom is 0.312 e. The van der Waals surface area contributed by atoms with Crippen LogP contribution in [0.4, 0.5) is 13.6 Å². The van der Waals surface area contributed by atoms with E-state index in [4.69, 9.17) is 36.3 Å². The molecule has 11 nitrogen and oxygen atoms in total. The Bertz CT molecular complexity index is 1290. The number of hydrogen-bond acceptors (Lipinski definition) is 8. The van der Waals surface area contributed by atoms with E-state index in [0.717, 1.165) is 12.1 Å². The molecule has 2 saturated heterocycles. The van der Waals surface area contributed by atoms with Crippen LogP contribution in [0.25, 0.3) is 11.2 Å². The molecule has 2 fully saturated rings. The first-order valence-corrected chi connectivity index (χ1v) is 11.9. The molecule has 1 aromatic carbocycles. The van der Waals surface area contributed by atoms with Gasteiger partial charge in [-0.25, -0.2) is 18.6 Å². The molecule has 0 spiro atoms. The van der Waals surface area contributed by atoms with Crippen molar-refractivity contribution in [2.45, 2.75) is 37.3 Å². The summed E-state index contributed by atoms with van der Waals surface area (Å²) in [5.74, 6) is -1.56. The van der Waals surface area contributed by atoms with Crippen LogP contribution in [0.5, 0.6) is 11.8 Å². The molecule has 14 heteroatoms. The van der Waals surface area contributed by atoms with Crippen molar-refractivity contribution in [3.63, 3.8) is 0 Å². The molecule has 0 radical (unpaired) electrons. The van der Waals surface area contributed by atoms with E-state index in [-0.39, 0.29) is 56.5 Å². The van der Waals surface area contributed by atoms with E-state index in [2.05, 4.69) is 20.3 Å². The van der Waals surface area contributed by atoms with Crippen LogP contribution in [0.2, 0.25) is 5.02 Å². The number of hydrogen-bond donors (Lipinski definition) is 4. The normalized spacial score (nSPS) is 22.8. The van der Waals surface area contributed by atoms with Crippen LogP contribution in [-0.4, -0.2) is 76.9 Å². The number of pyridine rings is 1. The Labute approximate surface area is 214 Å². The molecule has 5 rings (SSSR count). The number of H-pyrrole nitrogens is 1. The van der Waals surface area contributed by atoms with Crippen LogP contribution in [0.15, 0.2) is 18.2 Å². The molecule has 4 heterocycles. The fourth-order valence-electron chi connectivity index (χ4n) is 4.34. The number of imidazole rings is 1. The third kappa shape index (κ3) is 5.54. The molecule has 5 N–H and O–H groups in total. The largest absolute Gasteiger partial charge is 0.492 e. The second-order valence-electron chi connectivity index (χ2n) is 8.65. The minimum atomic E-state index is -0.776. The molecular weight excluding hydrogens is 516 g/mol. The van der Waals surface area contributed by atoms with Gasteiger partial charge in [0.2, 0.25) is 0 Å². The highest BCUT2D eigenvalue weighted by Crippen LogP contribution is 2.30. The van der Waals surface area contributed by atoms with Crippen molar-refractivity contribution in [3.8, 4) is 11.8 Å². The third-order valence-corrected chi connectivity index (χ3v) is 6.45. The van der Waals surface area contributed by atoms with E-state index in [0.29, 0.717) is 21.9 Å². The quantitative estimate of drug-likeness (QED) is 0.299. The highest BCUT2D eigenvalue weighted by atomic mass is 35.5. The zero-order valence-electron chi connectivity index (χ0n) is 19.4. The molecule has 2 aliphatic rings. The standard InChI is InChI=1S/C23H24ClF2N5O6/c24-12-7-16-21(31-23(30-16)37-18-9-36-19-17(32)8-35-20(18)19)29-15(12)2-1-11-13(25)5-10(6-14(11)26)34-4-3-28-22(27)33/h5-7,17-20,32H,1-4,8-9H2,(H3,27,28,33)(H,29,30,31)/t17-,18-,19-,20-/m1/s1. The van der Waals surface area contributed by atoms with Gasteiger partial charge in [-0.3, -0.25) is 0 Å². The molecule has 198 valence electrons. The number of nitrogens with zero attached hydrogens (tertiary/aromatic N) is 2. The maximum atomic E-state index is 14.6. The second kappa shape index (κ2) is 10.6. The number of carbonyl (C=O) groups excluding carboxylic acids is 1. The number of aliphatic hydroxyl groups is 1. The summed E-state index contributed by atoms with van der Waals surface area (Å²) < 4.78 is 51.4. The minimum Gasteiger partial charge on any atom is -0.492 e. The Morgan fingerprint density at radius 1 is 1.19 bits per heavy atom. The first-order valence-electron chi connectivity index (χ1n) is 11.6. The van der Waals surface area contributed by atoms with Crippen molar-refractivity contribution in [1.29, 1.82) is 0 Å². The average molecular weight is 540 g/mol. The number of aliphatic hydroxyl groups excluding tert-OH is 1. The molecular formula is C23H24ClF2N5O6. The number of nitrogens with two attached hydrogens (primary N) is 1. The van der Waals surface area contributed by atoms with E-state index in [9.17, 15) is 18.7 Å². The van der Waals surface area contributed by atoms with Gasteiger partial charge in [0.15, 0.2) is 11.8 Å². The predicted octanol–water partition coefficient (Wildman–Crippen LogP) is 1.63. The van der Waals surface area contributed by atoms with Crippen LogP contribution in [-0.2, 0) is 22.3 Å². The summed E-state index contributed by atoms with van der Waals surface area (Å²) in [6.07, 6.45) is -1.83. The zero-order valence-corrected chi connectivity index (χ0v) is 20.1. The number of aryl methyl sites for hydroxylation is 1. The Morgan fingerprint density at radius 2 is 1.95 bits per heavy atom. The van der Waals surface area contributed by atoms with Gasteiger partial charge in [-0.2, -0.15) is 4.98 Å². The molecule has 4 atom stereocenters. The zero-order chi connectivity index (χ0) is 26.1. The van der Waals surface area contributed by atoms with Gasteiger partial charge in [-0.1, -0.05) is 11.6 Å². The smallest absolute Gasteiger partial charge is 0.312 e. The van der Waals surface area contributed by atoms with E-state index in [1.165, 1.54) is 0 Å². The number of carbonyl (C=O) groups is 1. The molecule has 2 aromatic heterocycles. The number of primary amides is 1. The summed E-state index contributed by atoms with van der Waals surface area (Å²) in [4.78, 5) is 22.4. The van der Waals surface area contributed by atoms with Gasteiger partial charge in [0.1, 0.15) is 42.3 Å². The lowest BCUT2D eigenvalue weighted by Gasteiger charge is -2.15. The number of ether oxygens (including phenoxy) is 4. The maximum absolute atomic E-state index is 14.6. The number of amides is 2. The summed E-state index contributed by atoms with van der Waals surface area (Å²) in [5, 5.41) is 12.5. The SMILES string of the molecule is NC(=O)NCCOc1cc(F)c(CCc2nc3nc(O[C@@H]4CO[C@H]5[C@@H]4OC[C@H]5O)[nH]c3cc2Cl)c(F)c1. The molecule has 3 aromatic rings. The second-order valence-corrected chi connectivity index (χ2v) is 9.06. The Kier molecular flexibility index (Phi) is 7.29. The number of benzene rings is 1. The van der Waals surface area contributed by atoms with Crippen LogP contribution >= 0.6 is 11.6 Å². The van der Waals surface area contributed by atoms with Gasteiger partial charge in [0, 0.05) is 17.7 Å². The van der Waals surface area contributed by atoms with Gasteiger partial charge in [0.05, 0.1) is 36.0 Å². The number of rotatable bonds is 9. The van der Waals surface area contributed by atoms with Crippen molar-refractivity contribution < 1.29 is 37.6 Å². The summed E-state index contributed by atoms with van der Waals surface area (Å²) in [7, 11) is 0. The summed E-state index contributed by atoms with van der Waals surface area (Å²) in [6.45, 7) is 0.523. The summed E-state index contributed by atoms with van der Waals surface area (Å²) in [5.41, 5.74) is 6.07. The van der Waals surface area contributed by atoms with E-state index < -0.39 is 42.1 Å². The van der Waals surface area contributed by atoms with Crippen molar-refractivity contribution in [2.75, 3.05) is 26.4 Å². The van der Waals surface area contributed by atoms with E-state index in [1.807, 2.05) is 0 Å². The summed E-state index contributed by atoms with van der Waals surface area (Å²) in [6, 6.07) is 3.23. The number of fused-ring (bicyclic) bond motifs is 2. The molecule has 37 heavy (non-hydrogen) atoms. The third-order valence-electron chi connectivity index (χ3n) is 6.12. The van der Waals surface area contributed by atoms with Gasteiger partial charge in [0.25, 0.3) is 6.01 Å². The first kappa shape index (κ1) is 25.4. The molecule has 0 saturated carbocycles. The Balaban J connectivity index is 1.23. The average Bonchev–Trinajstić information content (AvgIpc) is 3.53. The number of aromatic nitrogens is 3. The molecule has 2 aliphatic heterocycles. The molecule has 0 aliphatic carbocycles. The van der Waals surface area contributed by atoms with Crippen LogP contribution < -0.4 is 20.5 Å². The Hall–Kier alpha value is -3.26. The predicted molar refractivity (Wildman–Crippen MR) is 126 cm³/mol. The fraction of sp³-hybridized carbons (Fsp3) is 0.435.